The predicted octanol–water partition coefficient (Wildman–Crippen LogP) is 5.40. The molecule has 2 aromatic rings. The normalized spacial score (nSPS) is 13.6. The van der Waals surface area contributed by atoms with E-state index < -0.39 is 0 Å². The molecule has 0 unspecified atom stereocenters. The number of fused-ring (bicyclic) bond motifs is 1. The van der Waals surface area contributed by atoms with Crippen LogP contribution in [0.1, 0.15) is 46.7 Å². The molecule has 3 rings (SSSR count). The maximum Gasteiger partial charge on any atom is 0.0212 e. The number of benzene rings is 2. The van der Waals surface area contributed by atoms with Crippen LogP contribution in [0.15, 0.2) is 34.8 Å². The molecule has 0 atom stereocenters. The van der Waals surface area contributed by atoms with Crippen LogP contribution in [-0.4, -0.2) is 0 Å². The van der Waals surface area contributed by atoms with Gasteiger partial charge >= 0.3 is 0 Å². The molecule has 0 N–H and O–H groups in total. The van der Waals surface area contributed by atoms with Crippen LogP contribution >= 0.6 is 15.9 Å². The third-order valence-corrected chi connectivity index (χ3v) is 5.14. The summed E-state index contributed by atoms with van der Waals surface area (Å²) < 4.78 is 1.31. The van der Waals surface area contributed by atoms with E-state index >= 15 is 0 Å². The van der Waals surface area contributed by atoms with Gasteiger partial charge in [-0.25, -0.2) is 0 Å². The van der Waals surface area contributed by atoms with E-state index in [0.29, 0.717) is 0 Å². The molecule has 1 aliphatic carbocycles. The molecule has 0 saturated heterocycles. The van der Waals surface area contributed by atoms with Crippen LogP contribution in [0, 0.1) is 6.92 Å². The molecule has 0 spiro atoms. The molecule has 0 bridgehead atoms. The summed E-state index contributed by atoms with van der Waals surface area (Å²) in [6, 6.07) is 11.3. The molecule has 0 saturated carbocycles. The van der Waals surface area contributed by atoms with Crippen molar-refractivity contribution in [2.45, 2.75) is 46.0 Å². The summed E-state index contributed by atoms with van der Waals surface area (Å²) in [6.07, 6.45) is 6.04. The van der Waals surface area contributed by atoms with Gasteiger partial charge in [-0.1, -0.05) is 52.7 Å². The minimum Gasteiger partial charge on any atom is -0.0612 e. The Morgan fingerprint density at radius 2 is 1.75 bits per heavy atom. The molecular formula is C19H21Br. The third-order valence-electron chi connectivity index (χ3n) is 4.43. The zero-order valence-electron chi connectivity index (χ0n) is 12.3. The van der Waals surface area contributed by atoms with E-state index in [4.69, 9.17) is 0 Å². The highest BCUT2D eigenvalue weighted by atomic mass is 79.9. The van der Waals surface area contributed by atoms with Crippen molar-refractivity contribution in [3.63, 3.8) is 0 Å². The van der Waals surface area contributed by atoms with Gasteiger partial charge in [0, 0.05) is 4.47 Å². The van der Waals surface area contributed by atoms with Crippen LogP contribution < -0.4 is 0 Å². The van der Waals surface area contributed by atoms with Gasteiger partial charge in [0.25, 0.3) is 0 Å². The standard InChI is InChI=1S/C19H21Br/c1-3-16-18-6-4-5-17(18)15(12-19(16)20)11-14-9-7-13(2)8-10-14/h7-10,12H,3-6,11H2,1-2H3. The molecule has 2 aromatic carbocycles. The summed E-state index contributed by atoms with van der Waals surface area (Å²) in [4.78, 5) is 0. The molecule has 0 heterocycles. The van der Waals surface area contributed by atoms with Crippen LogP contribution in [0.5, 0.6) is 0 Å². The summed E-state index contributed by atoms with van der Waals surface area (Å²) in [5.74, 6) is 0. The van der Waals surface area contributed by atoms with Crippen molar-refractivity contribution in [2.75, 3.05) is 0 Å². The number of hydrogen-bond donors (Lipinski definition) is 0. The van der Waals surface area contributed by atoms with Crippen molar-refractivity contribution in [3.8, 4) is 0 Å². The Morgan fingerprint density at radius 1 is 1.05 bits per heavy atom. The summed E-state index contributed by atoms with van der Waals surface area (Å²) in [7, 11) is 0. The molecule has 1 aliphatic rings. The van der Waals surface area contributed by atoms with E-state index in [-0.39, 0.29) is 0 Å². The molecule has 1 heteroatoms. The fourth-order valence-electron chi connectivity index (χ4n) is 3.37. The SMILES string of the molecule is CCc1c(Br)cc(Cc2ccc(C)cc2)c2c1CCC2. The molecule has 0 fully saturated rings. The average molecular weight is 329 g/mol. The monoisotopic (exact) mass is 328 g/mol. The molecule has 0 radical (unpaired) electrons. The van der Waals surface area contributed by atoms with Gasteiger partial charge < -0.3 is 0 Å². The number of hydrogen-bond acceptors (Lipinski definition) is 0. The number of halogens is 1. The van der Waals surface area contributed by atoms with Crippen molar-refractivity contribution in [3.05, 3.63) is 68.2 Å². The van der Waals surface area contributed by atoms with E-state index in [2.05, 4.69) is 60.1 Å². The first-order valence-electron chi connectivity index (χ1n) is 7.56. The van der Waals surface area contributed by atoms with E-state index in [0.717, 1.165) is 12.8 Å². The second kappa shape index (κ2) is 5.73. The smallest absolute Gasteiger partial charge is 0.0212 e. The van der Waals surface area contributed by atoms with E-state index in [1.165, 1.54) is 46.0 Å². The second-order valence-electron chi connectivity index (χ2n) is 5.82. The molecule has 0 nitrogen and oxygen atoms in total. The first-order valence-corrected chi connectivity index (χ1v) is 8.36. The lowest BCUT2D eigenvalue weighted by Crippen LogP contribution is -2.00. The minimum atomic E-state index is 1.06. The fourth-order valence-corrected chi connectivity index (χ4v) is 4.16. The van der Waals surface area contributed by atoms with Gasteiger partial charge in [0.15, 0.2) is 0 Å². The molecule has 0 amide bonds. The first-order chi connectivity index (χ1) is 9.69. The van der Waals surface area contributed by atoms with E-state index in [1.54, 1.807) is 11.1 Å². The van der Waals surface area contributed by atoms with Crippen molar-refractivity contribution in [1.82, 2.24) is 0 Å². The highest BCUT2D eigenvalue weighted by molar-refractivity contribution is 9.10. The van der Waals surface area contributed by atoms with Gasteiger partial charge in [-0.2, -0.15) is 0 Å². The Hall–Kier alpha value is -1.08. The minimum absolute atomic E-state index is 1.06. The van der Waals surface area contributed by atoms with Gasteiger partial charge in [0.05, 0.1) is 0 Å². The highest BCUT2D eigenvalue weighted by Gasteiger charge is 2.20. The van der Waals surface area contributed by atoms with Crippen molar-refractivity contribution in [1.29, 1.82) is 0 Å². The Kier molecular flexibility index (Phi) is 3.98. The van der Waals surface area contributed by atoms with E-state index in [9.17, 15) is 0 Å². The number of rotatable bonds is 3. The Labute approximate surface area is 130 Å². The Bertz CT molecular complexity index is 623. The lowest BCUT2D eigenvalue weighted by molar-refractivity contribution is 0.901. The Morgan fingerprint density at radius 3 is 2.45 bits per heavy atom. The van der Waals surface area contributed by atoms with Gasteiger partial charge in [-0.3, -0.25) is 0 Å². The van der Waals surface area contributed by atoms with E-state index in [1.807, 2.05) is 0 Å². The van der Waals surface area contributed by atoms with Crippen molar-refractivity contribution < 1.29 is 0 Å². The number of aryl methyl sites for hydroxylation is 1. The predicted molar refractivity (Wildman–Crippen MR) is 89.5 cm³/mol. The summed E-state index contributed by atoms with van der Waals surface area (Å²) in [5, 5.41) is 0. The topological polar surface area (TPSA) is 0 Å². The summed E-state index contributed by atoms with van der Waals surface area (Å²) >= 11 is 3.79. The maximum absolute atomic E-state index is 3.79. The lowest BCUT2D eigenvalue weighted by Gasteiger charge is -2.15. The first kappa shape index (κ1) is 13.9. The Balaban J connectivity index is 2.00. The summed E-state index contributed by atoms with van der Waals surface area (Å²) in [6.45, 7) is 4.41. The van der Waals surface area contributed by atoms with Gasteiger partial charge in [0.1, 0.15) is 0 Å². The van der Waals surface area contributed by atoms with Crippen molar-refractivity contribution >= 4 is 15.9 Å². The molecule has 0 aliphatic heterocycles. The van der Waals surface area contributed by atoms with Crippen LogP contribution in [0.2, 0.25) is 0 Å². The average Bonchev–Trinajstić information content (AvgIpc) is 2.91. The largest absolute Gasteiger partial charge is 0.0612 e. The molecular weight excluding hydrogens is 308 g/mol. The molecule has 104 valence electrons. The highest BCUT2D eigenvalue weighted by Crippen LogP contribution is 2.35. The van der Waals surface area contributed by atoms with Crippen molar-refractivity contribution in [2.24, 2.45) is 0 Å². The third kappa shape index (κ3) is 2.56. The maximum atomic E-state index is 3.79. The molecule has 20 heavy (non-hydrogen) atoms. The van der Waals surface area contributed by atoms with Crippen LogP contribution in [-0.2, 0) is 25.7 Å². The van der Waals surface area contributed by atoms with Crippen LogP contribution in [0.25, 0.3) is 0 Å². The fraction of sp³-hybridized carbons (Fsp3) is 0.368. The summed E-state index contributed by atoms with van der Waals surface area (Å²) in [5.41, 5.74) is 9.06. The quantitative estimate of drug-likeness (QED) is 0.707. The van der Waals surface area contributed by atoms with Crippen LogP contribution in [0.3, 0.4) is 0 Å². The zero-order chi connectivity index (χ0) is 14.1. The zero-order valence-corrected chi connectivity index (χ0v) is 13.9. The lowest BCUT2D eigenvalue weighted by atomic mass is 9.93. The van der Waals surface area contributed by atoms with Crippen LogP contribution in [0.4, 0.5) is 0 Å². The second-order valence-corrected chi connectivity index (χ2v) is 6.68. The van der Waals surface area contributed by atoms with Gasteiger partial charge in [-0.15, -0.1) is 0 Å². The van der Waals surface area contributed by atoms with Gasteiger partial charge in [0.2, 0.25) is 0 Å². The molecule has 0 aromatic heterocycles. The van der Waals surface area contributed by atoms with Gasteiger partial charge in [-0.05, 0) is 72.9 Å².